The average Bonchev–Trinajstić information content (AvgIpc) is 2.72. The number of anilines is 1. The van der Waals surface area contributed by atoms with E-state index in [0.717, 1.165) is 0 Å². The predicted molar refractivity (Wildman–Crippen MR) is 103 cm³/mol. The number of halogens is 2. The number of morpholine rings is 1. The third-order valence-electron chi connectivity index (χ3n) is 4.50. The second-order valence-corrected chi connectivity index (χ2v) is 6.44. The van der Waals surface area contributed by atoms with Crippen LogP contribution in [0.5, 0.6) is 0 Å². The van der Waals surface area contributed by atoms with E-state index in [9.17, 15) is 18.7 Å². The molecule has 28 heavy (non-hydrogen) atoms. The molecule has 2 N–H and O–H groups in total. The highest BCUT2D eigenvalue weighted by Gasteiger charge is 2.19. The second-order valence-electron chi connectivity index (χ2n) is 6.44. The fourth-order valence-electron chi connectivity index (χ4n) is 3.03. The number of carbonyl (C=O) groups is 1. The molecule has 1 amide bonds. The summed E-state index contributed by atoms with van der Waals surface area (Å²) in [6, 6.07) is 9.67. The van der Waals surface area contributed by atoms with Crippen LogP contribution in [-0.2, 0) is 9.53 Å². The standard InChI is InChI=1S/C21H22F2N2O3/c22-17-3-1-2-15(12-17)4-7-21(27)24-19(14-26)16-5-6-18(23)20(13-16)25-8-10-28-11-9-25/h1-7,12-13,19,26H,8-11,14H2,(H,24,27)/b7-4+/t19-/m0/s1. The summed E-state index contributed by atoms with van der Waals surface area (Å²) >= 11 is 0. The topological polar surface area (TPSA) is 61.8 Å². The number of hydrogen-bond acceptors (Lipinski definition) is 4. The van der Waals surface area contributed by atoms with Gasteiger partial charge < -0.3 is 20.1 Å². The SMILES string of the molecule is O=C(/C=C/c1cccc(F)c1)N[C@@H](CO)c1ccc(F)c(N2CCOCC2)c1. The molecule has 2 aromatic carbocycles. The van der Waals surface area contributed by atoms with Gasteiger partial charge in [0, 0.05) is 19.2 Å². The van der Waals surface area contributed by atoms with Gasteiger partial charge in [-0.2, -0.15) is 0 Å². The molecule has 0 radical (unpaired) electrons. The third-order valence-corrected chi connectivity index (χ3v) is 4.50. The summed E-state index contributed by atoms with van der Waals surface area (Å²) in [4.78, 5) is 14.1. The molecule has 0 aromatic heterocycles. The zero-order valence-corrected chi connectivity index (χ0v) is 15.3. The normalized spacial score (nSPS) is 15.6. The summed E-state index contributed by atoms with van der Waals surface area (Å²) in [5, 5.41) is 12.4. The Hall–Kier alpha value is -2.77. The average molecular weight is 388 g/mol. The van der Waals surface area contributed by atoms with E-state index in [-0.39, 0.29) is 12.4 Å². The molecule has 0 unspecified atom stereocenters. The van der Waals surface area contributed by atoms with E-state index < -0.39 is 17.8 Å². The molecule has 1 heterocycles. The number of aliphatic hydroxyl groups is 1. The van der Waals surface area contributed by atoms with Crippen molar-refractivity contribution in [2.75, 3.05) is 37.8 Å². The van der Waals surface area contributed by atoms with E-state index in [1.807, 2.05) is 4.90 Å². The number of benzene rings is 2. The van der Waals surface area contributed by atoms with Crippen LogP contribution in [-0.4, -0.2) is 43.9 Å². The largest absolute Gasteiger partial charge is 0.394 e. The third kappa shape index (κ3) is 5.15. The Morgan fingerprint density at radius 3 is 2.71 bits per heavy atom. The number of amides is 1. The van der Waals surface area contributed by atoms with Crippen molar-refractivity contribution in [3.8, 4) is 0 Å². The van der Waals surface area contributed by atoms with Gasteiger partial charge in [-0.25, -0.2) is 8.78 Å². The first kappa shape index (κ1) is 20.0. The Morgan fingerprint density at radius 2 is 2.00 bits per heavy atom. The van der Waals surface area contributed by atoms with Crippen LogP contribution in [0.15, 0.2) is 48.5 Å². The van der Waals surface area contributed by atoms with Crippen LogP contribution in [0.3, 0.4) is 0 Å². The monoisotopic (exact) mass is 388 g/mol. The Kier molecular flexibility index (Phi) is 6.73. The van der Waals surface area contributed by atoms with Gasteiger partial charge in [0.2, 0.25) is 5.91 Å². The minimum Gasteiger partial charge on any atom is -0.394 e. The van der Waals surface area contributed by atoms with Crippen LogP contribution in [0.25, 0.3) is 6.08 Å². The van der Waals surface area contributed by atoms with Crippen molar-refractivity contribution >= 4 is 17.7 Å². The quantitative estimate of drug-likeness (QED) is 0.747. The van der Waals surface area contributed by atoms with Crippen molar-refractivity contribution in [3.05, 3.63) is 71.3 Å². The van der Waals surface area contributed by atoms with E-state index in [2.05, 4.69) is 5.32 Å². The number of nitrogens with zero attached hydrogens (tertiary/aromatic N) is 1. The van der Waals surface area contributed by atoms with Crippen LogP contribution in [0, 0.1) is 11.6 Å². The van der Waals surface area contributed by atoms with Crippen molar-refractivity contribution < 1.29 is 23.4 Å². The highest BCUT2D eigenvalue weighted by molar-refractivity contribution is 5.92. The number of aliphatic hydroxyl groups excluding tert-OH is 1. The Morgan fingerprint density at radius 1 is 1.21 bits per heavy atom. The summed E-state index contributed by atoms with van der Waals surface area (Å²) in [7, 11) is 0. The fourth-order valence-corrected chi connectivity index (χ4v) is 3.03. The van der Waals surface area contributed by atoms with E-state index in [4.69, 9.17) is 4.74 Å². The lowest BCUT2D eigenvalue weighted by atomic mass is 10.1. The van der Waals surface area contributed by atoms with E-state index in [1.165, 1.54) is 36.4 Å². The van der Waals surface area contributed by atoms with E-state index >= 15 is 0 Å². The molecule has 1 saturated heterocycles. The maximum atomic E-state index is 14.3. The molecule has 0 bridgehead atoms. The minimum atomic E-state index is -0.690. The van der Waals surface area contributed by atoms with E-state index in [0.29, 0.717) is 43.1 Å². The van der Waals surface area contributed by atoms with Crippen LogP contribution in [0.1, 0.15) is 17.2 Å². The molecule has 0 spiro atoms. The van der Waals surface area contributed by atoms with Gasteiger partial charge in [-0.15, -0.1) is 0 Å². The molecular weight excluding hydrogens is 366 g/mol. The molecular formula is C21H22F2N2O3. The Balaban J connectivity index is 1.71. The molecule has 148 valence electrons. The van der Waals surface area contributed by atoms with Gasteiger partial charge in [-0.1, -0.05) is 18.2 Å². The molecule has 1 atom stereocenters. The molecule has 5 nitrogen and oxygen atoms in total. The van der Waals surface area contributed by atoms with Crippen LogP contribution in [0.2, 0.25) is 0 Å². The molecule has 0 aliphatic carbocycles. The van der Waals surface area contributed by atoms with E-state index in [1.54, 1.807) is 18.2 Å². The number of nitrogens with one attached hydrogen (secondary N) is 1. The van der Waals surface area contributed by atoms with Gasteiger partial charge in [-0.05, 0) is 41.5 Å². The molecule has 1 aliphatic heterocycles. The molecule has 1 aliphatic rings. The lowest BCUT2D eigenvalue weighted by Gasteiger charge is -2.30. The summed E-state index contributed by atoms with van der Waals surface area (Å²) < 4.78 is 32.7. The highest BCUT2D eigenvalue weighted by Crippen LogP contribution is 2.25. The van der Waals surface area contributed by atoms with Crippen molar-refractivity contribution in [2.24, 2.45) is 0 Å². The molecule has 2 aromatic rings. The van der Waals surface area contributed by atoms with Crippen LogP contribution >= 0.6 is 0 Å². The van der Waals surface area contributed by atoms with Gasteiger partial charge in [0.1, 0.15) is 11.6 Å². The number of ether oxygens (including phenoxy) is 1. The maximum Gasteiger partial charge on any atom is 0.244 e. The van der Waals surface area contributed by atoms with Gasteiger partial charge in [0.25, 0.3) is 0 Å². The smallest absolute Gasteiger partial charge is 0.244 e. The molecule has 7 heteroatoms. The fraction of sp³-hybridized carbons (Fsp3) is 0.286. The number of hydrogen-bond donors (Lipinski definition) is 2. The van der Waals surface area contributed by atoms with Crippen molar-refractivity contribution in [1.82, 2.24) is 5.32 Å². The Labute approximate surface area is 162 Å². The molecule has 3 rings (SSSR count). The van der Waals surface area contributed by atoms with Crippen molar-refractivity contribution in [1.29, 1.82) is 0 Å². The lowest BCUT2D eigenvalue weighted by Crippen LogP contribution is -2.37. The van der Waals surface area contributed by atoms with Crippen molar-refractivity contribution in [3.63, 3.8) is 0 Å². The summed E-state index contributed by atoms with van der Waals surface area (Å²) in [6.45, 7) is 1.86. The van der Waals surface area contributed by atoms with Crippen LogP contribution in [0.4, 0.5) is 14.5 Å². The van der Waals surface area contributed by atoms with Gasteiger partial charge in [0.05, 0.1) is 31.5 Å². The van der Waals surface area contributed by atoms with Gasteiger partial charge in [-0.3, -0.25) is 4.79 Å². The van der Waals surface area contributed by atoms with Gasteiger partial charge >= 0.3 is 0 Å². The predicted octanol–water partition coefficient (Wildman–Crippen LogP) is 2.66. The maximum absolute atomic E-state index is 14.3. The molecule has 1 fully saturated rings. The van der Waals surface area contributed by atoms with Crippen LogP contribution < -0.4 is 10.2 Å². The lowest BCUT2D eigenvalue weighted by molar-refractivity contribution is -0.117. The first-order valence-corrected chi connectivity index (χ1v) is 9.04. The zero-order chi connectivity index (χ0) is 19.9. The Bertz CT molecular complexity index is 851. The van der Waals surface area contributed by atoms with Crippen molar-refractivity contribution in [2.45, 2.75) is 6.04 Å². The highest BCUT2D eigenvalue weighted by atomic mass is 19.1. The summed E-state index contributed by atoms with van der Waals surface area (Å²) in [5.74, 6) is -1.20. The molecule has 0 saturated carbocycles. The first-order valence-electron chi connectivity index (χ1n) is 9.04. The summed E-state index contributed by atoms with van der Waals surface area (Å²) in [6.07, 6.45) is 2.75. The van der Waals surface area contributed by atoms with Gasteiger partial charge in [0.15, 0.2) is 0 Å². The second kappa shape index (κ2) is 9.43. The first-order chi connectivity index (χ1) is 13.6. The number of rotatable bonds is 6. The zero-order valence-electron chi connectivity index (χ0n) is 15.3. The summed E-state index contributed by atoms with van der Waals surface area (Å²) in [5.41, 5.74) is 1.56. The number of carbonyl (C=O) groups excluding carboxylic acids is 1. The minimum absolute atomic E-state index is 0.340.